The van der Waals surface area contributed by atoms with Gasteiger partial charge in [0.2, 0.25) is 0 Å². The highest BCUT2D eigenvalue weighted by Crippen LogP contribution is 2.21. The van der Waals surface area contributed by atoms with Crippen molar-refractivity contribution in [1.29, 1.82) is 0 Å². The Kier molecular flexibility index (Phi) is 5.16. The van der Waals surface area contributed by atoms with Crippen molar-refractivity contribution >= 4 is 28.4 Å². The summed E-state index contributed by atoms with van der Waals surface area (Å²) >= 11 is 0. The number of halogens is 1. The predicted molar refractivity (Wildman–Crippen MR) is 121 cm³/mol. The summed E-state index contributed by atoms with van der Waals surface area (Å²) in [7, 11) is 0. The SMILES string of the molecule is O=C(Nc1ccc(C(=O)c2ccc3ncc(-c4cn[nH]c4)nc3c2)cc1)c1cccc(F)c1. The molecule has 0 radical (unpaired) electrons. The number of H-pyrrole nitrogens is 1. The van der Waals surface area contributed by atoms with Crippen LogP contribution in [0.25, 0.3) is 22.3 Å². The molecule has 33 heavy (non-hydrogen) atoms. The fourth-order valence-corrected chi connectivity index (χ4v) is 3.39. The second-order valence-corrected chi connectivity index (χ2v) is 7.32. The van der Waals surface area contributed by atoms with Crippen molar-refractivity contribution in [3.05, 3.63) is 108 Å². The van der Waals surface area contributed by atoms with Crippen LogP contribution in [0.3, 0.4) is 0 Å². The van der Waals surface area contributed by atoms with Gasteiger partial charge in [-0.15, -0.1) is 0 Å². The maximum absolute atomic E-state index is 13.3. The first kappa shape index (κ1) is 20.2. The quantitative estimate of drug-likeness (QED) is 0.390. The van der Waals surface area contributed by atoms with Crippen LogP contribution in [-0.4, -0.2) is 31.9 Å². The van der Waals surface area contributed by atoms with Crippen molar-refractivity contribution in [2.45, 2.75) is 0 Å². The molecule has 0 aliphatic rings. The summed E-state index contributed by atoms with van der Waals surface area (Å²) < 4.78 is 13.3. The number of fused-ring (bicyclic) bond motifs is 1. The van der Waals surface area contributed by atoms with Gasteiger partial charge in [0.25, 0.3) is 5.91 Å². The van der Waals surface area contributed by atoms with E-state index in [1.54, 1.807) is 61.1 Å². The predicted octanol–water partition coefficient (Wildman–Crippen LogP) is 4.64. The zero-order chi connectivity index (χ0) is 22.8. The van der Waals surface area contributed by atoms with Crippen molar-refractivity contribution in [2.24, 2.45) is 0 Å². The number of aromatic amines is 1. The van der Waals surface area contributed by atoms with E-state index in [9.17, 15) is 14.0 Å². The zero-order valence-electron chi connectivity index (χ0n) is 17.1. The number of hydrogen-bond acceptors (Lipinski definition) is 5. The van der Waals surface area contributed by atoms with E-state index >= 15 is 0 Å². The van der Waals surface area contributed by atoms with Gasteiger partial charge in [-0.2, -0.15) is 5.10 Å². The van der Waals surface area contributed by atoms with Gasteiger partial charge in [0, 0.05) is 34.1 Å². The van der Waals surface area contributed by atoms with Crippen LogP contribution in [0.1, 0.15) is 26.3 Å². The third-order valence-electron chi connectivity index (χ3n) is 5.09. The molecule has 0 unspecified atom stereocenters. The molecular weight excluding hydrogens is 421 g/mol. The molecule has 1 amide bonds. The van der Waals surface area contributed by atoms with Crippen LogP contribution in [0.4, 0.5) is 10.1 Å². The average Bonchev–Trinajstić information content (AvgIpc) is 3.38. The minimum absolute atomic E-state index is 0.185. The standard InChI is InChI=1S/C25H16FN5O2/c26-19-3-1-2-17(10-19)25(33)30-20-7-4-15(5-8-20)24(32)16-6-9-21-22(11-16)31-23(14-27-21)18-12-28-29-13-18/h1-14H,(H,28,29)(H,30,33). The Morgan fingerprint density at radius 3 is 2.42 bits per heavy atom. The van der Waals surface area contributed by atoms with Crippen LogP contribution in [0.2, 0.25) is 0 Å². The molecule has 0 aliphatic heterocycles. The molecule has 7 nitrogen and oxygen atoms in total. The van der Waals surface area contributed by atoms with Crippen molar-refractivity contribution in [3.63, 3.8) is 0 Å². The number of anilines is 1. The van der Waals surface area contributed by atoms with Gasteiger partial charge in [-0.05, 0) is 60.7 Å². The number of ketones is 1. The molecule has 8 heteroatoms. The second kappa shape index (κ2) is 8.43. The Morgan fingerprint density at radius 2 is 1.67 bits per heavy atom. The van der Waals surface area contributed by atoms with E-state index in [4.69, 9.17) is 0 Å². The molecule has 160 valence electrons. The minimum Gasteiger partial charge on any atom is -0.322 e. The third-order valence-corrected chi connectivity index (χ3v) is 5.09. The van der Waals surface area contributed by atoms with Crippen molar-refractivity contribution in [3.8, 4) is 11.3 Å². The summed E-state index contributed by atoms with van der Waals surface area (Å²) in [5.74, 6) is -1.11. The van der Waals surface area contributed by atoms with Gasteiger partial charge in [-0.1, -0.05) is 6.07 Å². The van der Waals surface area contributed by atoms with E-state index < -0.39 is 11.7 Å². The molecule has 0 saturated carbocycles. The molecule has 2 heterocycles. The molecule has 0 aliphatic carbocycles. The lowest BCUT2D eigenvalue weighted by Gasteiger charge is -2.07. The van der Waals surface area contributed by atoms with Gasteiger partial charge < -0.3 is 5.32 Å². The number of carbonyl (C=O) groups is 2. The van der Waals surface area contributed by atoms with E-state index in [2.05, 4.69) is 25.5 Å². The van der Waals surface area contributed by atoms with Crippen LogP contribution in [-0.2, 0) is 0 Å². The van der Waals surface area contributed by atoms with E-state index in [0.717, 1.165) is 11.6 Å². The number of hydrogen-bond donors (Lipinski definition) is 2. The Morgan fingerprint density at radius 1 is 0.848 bits per heavy atom. The molecule has 3 aromatic carbocycles. The number of nitrogens with zero attached hydrogens (tertiary/aromatic N) is 3. The summed E-state index contributed by atoms with van der Waals surface area (Å²) in [5, 5.41) is 9.35. The summed E-state index contributed by atoms with van der Waals surface area (Å²) in [6, 6.07) is 17.1. The number of aromatic nitrogens is 4. The Bertz CT molecular complexity index is 1480. The van der Waals surface area contributed by atoms with E-state index in [1.807, 2.05) is 0 Å². The average molecular weight is 437 g/mol. The summed E-state index contributed by atoms with van der Waals surface area (Å²) in [5.41, 5.74) is 4.36. The molecule has 0 bridgehead atoms. The molecule has 0 saturated heterocycles. The third kappa shape index (κ3) is 4.22. The van der Waals surface area contributed by atoms with E-state index in [-0.39, 0.29) is 11.3 Å². The molecule has 0 atom stereocenters. The molecular formula is C25H16FN5O2. The second-order valence-electron chi connectivity index (χ2n) is 7.32. The van der Waals surface area contributed by atoms with Crippen LogP contribution < -0.4 is 5.32 Å². The van der Waals surface area contributed by atoms with Crippen LogP contribution in [0.5, 0.6) is 0 Å². The lowest BCUT2D eigenvalue weighted by molar-refractivity contribution is 0.102. The van der Waals surface area contributed by atoms with Gasteiger partial charge in [0.15, 0.2) is 5.78 Å². The van der Waals surface area contributed by atoms with Gasteiger partial charge >= 0.3 is 0 Å². The number of amides is 1. The number of benzene rings is 3. The van der Waals surface area contributed by atoms with Crippen LogP contribution in [0, 0.1) is 5.82 Å². The summed E-state index contributed by atoms with van der Waals surface area (Å²) in [6.45, 7) is 0. The molecule has 2 aromatic heterocycles. The van der Waals surface area contributed by atoms with Crippen LogP contribution in [0.15, 0.2) is 85.3 Å². The number of carbonyl (C=O) groups excluding carboxylic acids is 2. The Labute approximate surface area is 187 Å². The fourth-order valence-electron chi connectivity index (χ4n) is 3.39. The van der Waals surface area contributed by atoms with Gasteiger partial charge in [0.1, 0.15) is 5.82 Å². The largest absolute Gasteiger partial charge is 0.322 e. The number of rotatable bonds is 5. The molecule has 5 rings (SSSR count). The lowest BCUT2D eigenvalue weighted by Crippen LogP contribution is -2.12. The fraction of sp³-hybridized carbons (Fsp3) is 0. The molecule has 0 fully saturated rings. The van der Waals surface area contributed by atoms with Crippen molar-refractivity contribution in [2.75, 3.05) is 5.32 Å². The van der Waals surface area contributed by atoms with Crippen LogP contribution >= 0.6 is 0 Å². The van der Waals surface area contributed by atoms with E-state index in [1.165, 1.54) is 18.2 Å². The normalized spacial score (nSPS) is 10.8. The minimum atomic E-state index is -0.486. The molecule has 2 N–H and O–H groups in total. The monoisotopic (exact) mass is 437 g/mol. The van der Waals surface area contributed by atoms with Crippen molar-refractivity contribution < 1.29 is 14.0 Å². The highest BCUT2D eigenvalue weighted by Gasteiger charge is 2.13. The maximum Gasteiger partial charge on any atom is 0.255 e. The molecule has 5 aromatic rings. The van der Waals surface area contributed by atoms with E-state index in [0.29, 0.717) is 33.5 Å². The first-order valence-electron chi connectivity index (χ1n) is 10.0. The Balaban J connectivity index is 1.36. The smallest absolute Gasteiger partial charge is 0.255 e. The number of nitrogens with one attached hydrogen (secondary N) is 2. The topological polar surface area (TPSA) is 101 Å². The Hall–Kier alpha value is -4.72. The van der Waals surface area contributed by atoms with Gasteiger partial charge in [0.05, 0.1) is 29.1 Å². The highest BCUT2D eigenvalue weighted by atomic mass is 19.1. The first-order valence-corrected chi connectivity index (χ1v) is 10.0. The molecule has 0 spiro atoms. The van der Waals surface area contributed by atoms with Crippen molar-refractivity contribution in [1.82, 2.24) is 20.2 Å². The highest BCUT2D eigenvalue weighted by molar-refractivity contribution is 6.10. The zero-order valence-corrected chi connectivity index (χ0v) is 17.1. The maximum atomic E-state index is 13.3. The first-order chi connectivity index (χ1) is 16.1. The summed E-state index contributed by atoms with van der Waals surface area (Å²) in [6.07, 6.45) is 5.03. The van der Waals surface area contributed by atoms with Gasteiger partial charge in [-0.25, -0.2) is 9.37 Å². The summed E-state index contributed by atoms with van der Waals surface area (Å²) in [4.78, 5) is 34.3. The lowest BCUT2D eigenvalue weighted by atomic mass is 10.0. The van der Waals surface area contributed by atoms with Gasteiger partial charge in [-0.3, -0.25) is 19.7 Å².